The van der Waals surface area contributed by atoms with E-state index in [1.165, 1.54) is 57.8 Å². The first kappa shape index (κ1) is 17.7. The highest BCUT2D eigenvalue weighted by atomic mass is 127. The normalized spacial score (nSPS) is 10.9. The van der Waals surface area contributed by atoms with Crippen LogP contribution in [0.5, 0.6) is 0 Å². The van der Waals surface area contributed by atoms with Crippen LogP contribution in [0.25, 0.3) is 0 Å². The Morgan fingerprint density at radius 1 is 0.950 bits per heavy atom. The Labute approximate surface area is 137 Å². The maximum Gasteiger partial charge on any atom is 0.263 e. The van der Waals surface area contributed by atoms with Gasteiger partial charge >= 0.3 is 0 Å². The number of rotatable bonds is 11. The number of nitrogens with zero attached hydrogens (tertiary/aromatic N) is 1. The zero-order chi connectivity index (χ0) is 14.6. The number of hydrogen-bond acceptors (Lipinski definition) is 1. The first-order chi connectivity index (χ1) is 9.75. The molecule has 3 heteroatoms. The van der Waals surface area contributed by atoms with Crippen LogP contribution in [0.15, 0.2) is 23.1 Å². The summed E-state index contributed by atoms with van der Waals surface area (Å²) in [6.45, 7) is 3.13. The maximum atomic E-state index is 11.8. The Bertz CT molecular complexity index is 414. The van der Waals surface area contributed by atoms with Crippen LogP contribution >= 0.6 is 22.6 Å². The molecule has 0 unspecified atom stereocenters. The van der Waals surface area contributed by atoms with E-state index in [0.29, 0.717) is 0 Å². The molecule has 0 aromatic carbocycles. The van der Waals surface area contributed by atoms with Gasteiger partial charge < -0.3 is 4.57 Å². The third-order valence-corrected chi connectivity index (χ3v) is 4.55. The second kappa shape index (κ2) is 11.4. The Morgan fingerprint density at radius 2 is 1.50 bits per heavy atom. The summed E-state index contributed by atoms with van der Waals surface area (Å²) in [7, 11) is 0. The van der Waals surface area contributed by atoms with Gasteiger partial charge in [0.15, 0.2) is 0 Å². The summed E-state index contributed by atoms with van der Waals surface area (Å²) in [5, 5.41) is 0. The topological polar surface area (TPSA) is 22.0 Å². The van der Waals surface area contributed by atoms with Crippen molar-refractivity contribution in [1.29, 1.82) is 0 Å². The molecule has 0 spiro atoms. The fourth-order valence-corrected chi connectivity index (χ4v) is 2.97. The van der Waals surface area contributed by atoms with Gasteiger partial charge in [0.05, 0.1) is 3.57 Å². The SMILES string of the molecule is CCCCCCCCCCCCn1cccc(I)c1=O. The Kier molecular flexibility index (Phi) is 10.1. The summed E-state index contributed by atoms with van der Waals surface area (Å²) in [6, 6.07) is 3.83. The lowest BCUT2D eigenvalue weighted by Gasteiger charge is -2.06. The van der Waals surface area contributed by atoms with Crippen molar-refractivity contribution in [3.05, 3.63) is 32.3 Å². The molecule has 0 amide bonds. The van der Waals surface area contributed by atoms with E-state index in [9.17, 15) is 4.79 Å². The van der Waals surface area contributed by atoms with Crippen LogP contribution < -0.4 is 5.56 Å². The van der Waals surface area contributed by atoms with Gasteiger partial charge in [-0.3, -0.25) is 4.79 Å². The van der Waals surface area contributed by atoms with E-state index in [4.69, 9.17) is 0 Å². The smallest absolute Gasteiger partial charge is 0.263 e. The van der Waals surface area contributed by atoms with Crippen LogP contribution in [0.1, 0.15) is 71.1 Å². The lowest BCUT2D eigenvalue weighted by atomic mass is 10.1. The van der Waals surface area contributed by atoms with Gasteiger partial charge in [0, 0.05) is 12.7 Å². The van der Waals surface area contributed by atoms with Crippen molar-refractivity contribution in [3.63, 3.8) is 0 Å². The first-order valence-corrected chi connectivity index (χ1v) is 9.18. The van der Waals surface area contributed by atoms with E-state index < -0.39 is 0 Å². The van der Waals surface area contributed by atoms with E-state index >= 15 is 0 Å². The van der Waals surface area contributed by atoms with Crippen LogP contribution in [-0.2, 0) is 6.54 Å². The average Bonchev–Trinajstić information content (AvgIpc) is 2.45. The van der Waals surface area contributed by atoms with Crippen molar-refractivity contribution in [2.45, 2.75) is 77.7 Å². The molecule has 1 heterocycles. The lowest BCUT2D eigenvalue weighted by Crippen LogP contribution is -2.21. The summed E-state index contributed by atoms with van der Waals surface area (Å²) >= 11 is 2.11. The highest BCUT2D eigenvalue weighted by molar-refractivity contribution is 14.1. The van der Waals surface area contributed by atoms with Gasteiger partial charge in [0.1, 0.15) is 0 Å². The molecule has 0 saturated heterocycles. The molecule has 1 aromatic heterocycles. The van der Waals surface area contributed by atoms with E-state index in [1.54, 1.807) is 0 Å². The van der Waals surface area contributed by atoms with Gasteiger partial charge in [-0.15, -0.1) is 0 Å². The molecule has 114 valence electrons. The summed E-state index contributed by atoms with van der Waals surface area (Å²) in [5.74, 6) is 0. The molecule has 0 fully saturated rings. The van der Waals surface area contributed by atoms with E-state index in [1.807, 2.05) is 22.9 Å². The molecule has 2 nitrogen and oxygen atoms in total. The Morgan fingerprint density at radius 3 is 2.10 bits per heavy atom. The monoisotopic (exact) mass is 389 g/mol. The molecule has 0 aliphatic heterocycles. The van der Waals surface area contributed by atoms with Gasteiger partial charge in [-0.25, -0.2) is 0 Å². The second-order valence-electron chi connectivity index (χ2n) is 5.54. The molecule has 0 radical (unpaired) electrons. The van der Waals surface area contributed by atoms with Crippen molar-refractivity contribution in [3.8, 4) is 0 Å². The predicted molar refractivity (Wildman–Crippen MR) is 95.3 cm³/mol. The average molecular weight is 389 g/mol. The van der Waals surface area contributed by atoms with Crippen LogP contribution in [0.4, 0.5) is 0 Å². The molecular formula is C17H28INO. The van der Waals surface area contributed by atoms with E-state index in [2.05, 4.69) is 29.5 Å². The van der Waals surface area contributed by atoms with Crippen LogP contribution in [-0.4, -0.2) is 4.57 Å². The summed E-state index contributed by atoms with van der Waals surface area (Å²) in [6.07, 6.45) is 15.3. The van der Waals surface area contributed by atoms with Gasteiger partial charge in [-0.05, 0) is 41.1 Å². The second-order valence-corrected chi connectivity index (χ2v) is 6.70. The molecule has 0 atom stereocenters. The number of hydrogen-bond donors (Lipinski definition) is 0. The Balaban J connectivity index is 2.00. The third-order valence-electron chi connectivity index (χ3n) is 3.73. The minimum atomic E-state index is 0.157. The molecule has 0 saturated carbocycles. The molecule has 1 rings (SSSR count). The van der Waals surface area contributed by atoms with Crippen molar-refractivity contribution >= 4 is 22.6 Å². The number of aromatic nitrogens is 1. The van der Waals surface area contributed by atoms with Gasteiger partial charge in [-0.1, -0.05) is 64.7 Å². The number of halogens is 1. The maximum absolute atomic E-state index is 11.8. The molecular weight excluding hydrogens is 361 g/mol. The summed E-state index contributed by atoms with van der Waals surface area (Å²) in [4.78, 5) is 11.8. The van der Waals surface area contributed by atoms with Crippen LogP contribution in [0, 0.1) is 3.57 Å². The molecule has 20 heavy (non-hydrogen) atoms. The van der Waals surface area contributed by atoms with Crippen molar-refractivity contribution in [2.75, 3.05) is 0 Å². The minimum Gasteiger partial charge on any atom is -0.315 e. The number of aryl methyl sites for hydroxylation is 1. The fraction of sp³-hybridized carbons (Fsp3) is 0.706. The van der Waals surface area contributed by atoms with Crippen molar-refractivity contribution in [1.82, 2.24) is 4.57 Å². The predicted octanol–water partition coefficient (Wildman–Crippen LogP) is 5.37. The molecule has 0 aliphatic carbocycles. The summed E-state index contributed by atoms with van der Waals surface area (Å²) in [5.41, 5.74) is 0.157. The highest BCUT2D eigenvalue weighted by Gasteiger charge is 1.99. The molecule has 0 aliphatic rings. The molecule has 0 N–H and O–H groups in total. The zero-order valence-electron chi connectivity index (χ0n) is 12.7. The minimum absolute atomic E-state index is 0.157. The fourth-order valence-electron chi connectivity index (χ4n) is 2.45. The van der Waals surface area contributed by atoms with Crippen LogP contribution in [0.3, 0.4) is 0 Å². The van der Waals surface area contributed by atoms with Gasteiger partial charge in [-0.2, -0.15) is 0 Å². The number of unbranched alkanes of at least 4 members (excludes halogenated alkanes) is 9. The Hall–Kier alpha value is -0.320. The van der Waals surface area contributed by atoms with Gasteiger partial charge in [0.2, 0.25) is 0 Å². The first-order valence-electron chi connectivity index (χ1n) is 8.10. The standard InChI is InChI=1S/C17H28INO/c1-2-3-4-5-6-7-8-9-10-11-14-19-15-12-13-16(18)17(19)20/h12-13,15H,2-11,14H2,1H3. The van der Waals surface area contributed by atoms with E-state index in [-0.39, 0.29) is 5.56 Å². The number of pyridine rings is 1. The quantitative estimate of drug-likeness (QED) is 0.368. The zero-order valence-corrected chi connectivity index (χ0v) is 14.9. The van der Waals surface area contributed by atoms with Crippen molar-refractivity contribution in [2.24, 2.45) is 0 Å². The van der Waals surface area contributed by atoms with E-state index in [0.717, 1.165) is 16.5 Å². The van der Waals surface area contributed by atoms with Crippen molar-refractivity contribution < 1.29 is 0 Å². The van der Waals surface area contributed by atoms with Crippen LogP contribution in [0.2, 0.25) is 0 Å². The van der Waals surface area contributed by atoms with Gasteiger partial charge in [0.25, 0.3) is 5.56 Å². The lowest BCUT2D eigenvalue weighted by molar-refractivity contribution is 0.529. The molecule has 1 aromatic rings. The largest absolute Gasteiger partial charge is 0.315 e. The third kappa shape index (κ3) is 7.46. The highest BCUT2D eigenvalue weighted by Crippen LogP contribution is 2.10. The summed E-state index contributed by atoms with van der Waals surface area (Å²) < 4.78 is 2.66. The molecule has 0 bridgehead atoms.